The van der Waals surface area contributed by atoms with Crippen LogP contribution in [0.1, 0.15) is 0 Å². The molecule has 1 aromatic heterocycles. The van der Waals surface area contributed by atoms with E-state index >= 15 is 0 Å². The Kier molecular flexibility index (Phi) is 4.17. The van der Waals surface area contributed by atoms with Gasteiger partial charge in [0.15, 0.2) is 0 Å². The van der Waals surface area contributed by atoms with Gasteiger partial charge in [0.05, 0.1) is 0 Å². The van der Waals surface area contributed by atoms with Crippen LogP contribution in [0.3, 0.4) is 0 Å². The molecule has 0 aliphatic carbocycles. The van der Waals surface area contributed by atoms with Crippen molar-refractivity contribution in [1.29, 1.82) is 0 Å². The van der Waals surface area contributed by atoms with E-state index in [1.807, 2.05) is 30.3 Å². The van der Waals surface area contributed by atoms with Crippen molar-refractivity contribution in [3.8, 4) is 11.3 Å². The molecule has 5 heteroatoms. The molecule has 0 aliphatic heterocycles. The molecule has 0 radical (unpaired) electrons. The molecule has 0 aliphatic rings. The van der Waals surface area contributed by atoms with Crippen molar-refractivity contribution in [1.82, 2.24) is 4.98 Å². The third kappa shape index (κ3) is 2.36. The fourth-order valence-corrected chi connectivity index (χ4v) is 2.41. The summed E-state index contributed by atoms with van der Waals surface area (Å²) in [7, 11) is 0. The number of nitrogen functional groups attached to an aromatic ring is 1. The first-order chi connectivity index (χ1) is 6.40. The normalized spacial score (nSPS) is 9.21. The molecule has 0 unspecified atom stereocenters. The molecular weight excluding hydrogens is 265 g/mol. The molecule has 0 saturated heterocycles. The molecule has 2 rings (SSSR count). The van der Waals surface area contributed by atoms with Crippen LogP contribution in [-0.2, 0) is 0 Å². The summed E-state index contributed by atoms with van der Waals surface area (Å²) in [5.74, 6) is 5.28. The number of halogens is 1. The van der Waals surface area contributed by atoms with E-state index in [1.165, 1.54) is 0 Å². The molecule has 0 bridgehead atoms. The Hall–Kier alpha value is -0.801. The number of nitrogens with two attached hydrogens (primary N) is 1. The van der Waals surface area contributed by atoms with Crippen LogP contribution in [0, 0.1) is 0 Å². The van der Waals surface area contributed by atoms with Crippen LogP contribution in [0.5, 0.6) is 0 Å². The van der Waals surface area contributed by atoms with Crippen molar-refractivity contribution < 1.29 is 0 Å². The van der Waals surface area contributed by atoms with E-state index in [0.29, 0.717) is 0 Å². The Bertz CT molecular complexity index is 388. The molecule has 1 aromatic carbocycles. The number of rotatable bonds is 2. The maximum absolute atomic E-state index is 5.28. The Labute approximate surface area is 94.5 Å². The SMILES string of the molecule is Cl.NNc1nc(-c2ccccc2)c[se]1. The maximum atomic E-state index is 5.28. The number of hydrogen-bond donors (Lipinski definition) is 2. The molecule has 74 valence electrons. The van der Waals surface area contributed by atoms with Crippen LogP contribution < -0.4 is 11.3 Å². The molecule has 14 heavy (non-hydrogen) atoms. The van der Waals surface area contributed by atoms with Gasteiger partial charge in [-0.3, -0.25) is 0 Å². The molecule has 0 amide bonds. The summed E-state index contributed by atoms with van der Waals surface area (Å²) >= 11 is 0.264. The monoisotopic (exact) mass is 275 g/mol. The zero-order chi connectivity index (χ0) is 9.10. The van der Waals surface area contributed by atoms with Crippen LogP contribution in [0.2, 0.25) is 0 Å². The molecule has 3 nitrogen and oxygen atoms in total. The van der Waals surface area contributed by atoms with Crippen molar-refractivity contribution in [2.75, 3.05) is 5.43 Å². The Morgan fingerprint density at radius 3 is 2.50 bits per heavy atom. The number of aromatic nitrogens is 1. The van der Waals surface area contributed by atoms with Gasteiger partial charge < -0.3 is 0 Å². The Morgan fingerprint density at radius 2 is 1.93 bits per heavy atom. The van der Waals surface area contributed by atoms with Crippen LogP contribution in [0.25, 0.3) is 11.3 Å². The summed E-state index contributed by atoms with van der Waals surface area (Å²) in [4.78, 5) is 6.47. The Balaban J connectivity index is 0.000000980. The summed E-state index contributed by atoms with van der Waals surface area (Å²) in [5, 5.41) is 0. The standard InChI is InChI=1S/C9H9N3Se.ClH/c10-12-9-11-8(6-13-9)7-4-2-1-3-5-7;/h1-6H,10H2,(H,11,12);1H. The molecule has 2 aromatic rings. The molecule has 1 heterocycles. The van der Waals surface area contributed by atoms with Gasteiger partial charge in [-0.1, -0.05) is 0 Å². The average molecular weight is 275 g/mol. The fourth-order valence-electron chi connectivity index (χ4n) is 1.08. The van der Waals surface area contributed by atoms with Crippen molar-refractivity contribution in [3.05, 3.63) is 35.3 Å². The average Bonchev–Trinajstić information content (AvgIpc) is 2.67. The van der Waals surface area contributed by atoms with Crippen LogP contribution in [-0.4, -0.2) is 19.5 Å². The van der Waals surface area contributed by atoms with Gasteiger partial charge >= 0.3 is 82.0 Å². The van der Waals surface area contributed by atoms with E-state index in [0.717, 1.165) is 15.9 Å². The zero-order valence-corrected chi connectivity index (χ0v) is 9.83. The zero-order valence-electron chi connectivity index (χ0n) is 7.31. The first kappa shape index (κ1) is 11.3. The van der Waals surface area contributed by atoms with Gasteiger partial charge in [0.2, 0.25) is 0 Å². The van der Waals surface area contributed by atoms with Gasteiger partial charge in [-0.05, 0) is 0 Å². The third-order valence-electron chi connectivity index (χ3n) is 1.70. The van der Waals surface area contributed by atoms with E-state index in [2.05, 4.69) is 15.4 Å². The van der Waals surface area contributed by atoms with Crippen molar-refractivity contribution >= 4 is 31.6 Å². The third-order valence-corrected chi connectivity index (χ3v) is 3.32. The van der Waals surface area contributed by atoms with E-state index < -0.39 is 0 Å². The van der Waals surface area contributed by atoms with Gasteiger partial charge in [-0.2, -0.15) is 0 Å². The summed E-state index contributed by atoms with van der Waals surface area (Å²) in [6.45, 7) is 0. The molecule has 0 atom stereocenters. The first-order valence-electron chi connectivity index (χ1n) is 3.88. The number of nitrogens with one attached hydrogen (secondary N) is 1. The second-order valence-corrected chi connectivity index (χ2v) is 4.35. The second kappa shape index (κ2) is 5.17. The van der Waals surface area contributed by atoms with Crippen molar-refractivity contribution in [3.63, 3.8) is 0 Å². The van der Waals surface area contributed by atoms with Crippen molar-refractivity contribution in [2.45, 2.75) is 0 Å². The number of hydrazine groups is 1. The van der Waals surface area contributed by atoms with Crippen LogP contribution in [0.4, 0.5) is 4.69 Å². The van der Waals surface area contributed by atoms with Gasteiger partial charge in [-0.15, -0.1) is 12.4 Å². The van der Waals surface area contributed by atoms with Gasteiger partial charge in [0.1, 0.15) is 0 Å². The molecular formula is C9H10ClN3Se. The second-order valence-electron chi connectivity index (χ2n) is 2.55. The van der Waals surface area contributed by atoms with Crippen LogP contribution in [0.15, 0.2) is 35.3 Å². The quantitative estimate of drug-likeness (QED) is 0.496. The van der Waals surface area contributed by atoms with E-state index in [9.17, 15) is 0 Å². The van der Waals surface area contributed by atoms with E-state index in [4.69, 9.17) is 5.84 Å². The molecule has 0 saturated carbocycles. The fraction of sp³-hybridized carbons (Fsp3) is 0. The van der Waals surface area contributed by atoms with E-state index in [1.54, 1.807) is 0 Å². The van der Waals surface area contributed by atoms with Gasteiger partial charge in [0.25, 0.3) is 0 Å². The summed E-state index contributed by atoms with van der Waals surface area (Å²) < 4.78 is 0.881. The van der Waals surface area contributed by atoms with Gasteiger partial charge in [0, 0.05) is 0 Å². The molecule has 3 N–H and O–H groups in total. The van der Waals surface area contributed by atoms with Crippen LogP contribution >= 0.6 is 12.4 Å². The number of benzene rings is 1. The topological polar surface area (TPSA) is 50.9 Å². The van der Waals surface area contributed by atoms with E-state index in [-0.39, 0.29) is 26.9 Å². The summed E-state index contributed by atoms with van der Waals surface area (Å²) in [6.07, 6.45) is 0. The summed E-state index contributed by atoms with van der Waals surface area (Å²) in [6, 6.07) is 10.1. The summed E-state index contributed by atoms with van der Waals surface area (Å²) in [5.41, 5.74) is 4.76. The Morgan fingerprint density at radius 1 is 1.21 bits per heavy atom. The predicted octanol–water partition coefficient (Wildman–Crippen LogP) is 1.51. The van der Waals surface area contributed by atoms with Crippen molar-refractivity contribution in [2.24, 2.45) is 5.84 Å². The van der Waals surface area contributed by atoms with Gasteiger partial charge in [-0.25, -0.2) is 0 Å². The predicted molar refractivity (Wildman–Crippen MR) is 61.7 cm³/mol. The molecule has 0 spiro atoms. The minimum atomic E-state index is 0. The number of hydrogen-bond acceptors (Lipinski definition) is 3. The molecule has 0 fully saturated rings. The number of nitrogens with zero attached hydrogens (tertiary/aromatic N) is 1. The first-order valence-corrected chi connectivity index (χ1v) is 5.72. The number of anilines is 1. The minimum absolute atomic E-state index is 0.